The third-order valence-corrected chi connectivity index (χ3v) is 8.57. The number of rotatable bonds is 2. The summed E-state index contributed by atoms with van der Waals surface area (Å²) >= 11 is 0. The van der Waals surface area contributed by atoms with E-state index in [-0.39, 0.29) is 6.71 Å². The molecule has 2 aliphatic heterocycles. The van der Waals surface area contributed by atoms with Crippen molar-refractivity contribution in [1.29, 1.82) is 0 Å². The molecule has 6 aromatic carbocycles. The zero-order chi connectivity index (χ0) is 25.5. The molecule has 0 spiro atoms. The zero-order valence-electron chi connectivity index (χ0n) is 21.3. The fourth-order valence-corrected chi connectivity index (χ4v) is 7.01. The molecule has 0 bridgehead atoms. The van der Waals surface area contributed by atoms with Crippen molar-refractivity contribution in [3.63, 3.8) is 0 Å². The van der Waals surface area contributed by atoms with Gasteiger partial charge in [-0.25, -0.2) is 0 Å². The van der Waals surface area contributed by atoms with Gasteiger partial charge >= 0.3 is 0 Å². The molecular weight excluding hydrogens is 471 g/mol. The summed E-state index contributed by atoms with van der Waals surface area (Å²) in [5, 5.41) is 2.64. The standard InChI is InChI=1S/C36H23BN2/c1-3-11-24(12-4-1)25-21-22-29-34(23-25)38(26-13-5-2-6-14-26)32-19-10-20-33-35(32)37(29)30-17-9-16-28-27-15-7-8-18-31(27)39(33)36(28)30/h1-23H. The Morgan fingerprint density at radius 1 is 0.462 bits per heavy atom. The molecule has 3 heterocycles. The predicted octanol–water partition coefficient (Wildman–Crippen LogP) is 7.06. The van der Waals surface area contributed by atoms with E-state index in [2.05, 4.69) is 149 Å². The van der Waals surface area contributed by atoms with Crippen LogP contribution in [0.25, 0.3) is 38.6 Å². The van der Waals surface area contributed by atoms with Gasteiger partial charge in [-0.3, -0.25) is 0 Å². The average Bonchev–Trinajstić information content (AvgIpc) is 3.35. The quantitative estimate of drug-likeness (QED) is 0.234. The Morgan fingerprint density at radius 2 is 1.18 bits per heavy atom. The van der Waals surface area contributed by atoms with Gasteiger partial charge in [0.15, 0.2) is 0 Å². The molecule has 0 unspecified atom stereocenters. The second-order valence-corrected chi connectivity index (χ2v) is 10.5. The van der Waals surface area contributed by atoms with Gasteiger partial charge in [0.2, 0.25) is 0 Å². The van der Waals surface area contributed by atoms with Gasteiger partial charge in [-0.15, -0.1) is 0 Å². The maximum Gasteiger partial charge on any atom is 0.252 e. The van der Waals surface area contributed by atoms with Crippen LogP contribution in [-0.4, -0.2) is 11.3 Å². The largest absolute Gasteiger partial charge is 0.311 e. The minimum Gasteiger partial charge on any atom is -0.311 e. The number of nitrogens with zero attached hydrogens (tertiary/aromatic N) is 2. The highest BCUT2D eigenvalue weighted by Crippen LogP contribution is 2.41. The first-order valence-corrected chi connectivity index (χ1v) is 13.6. The molecule has 0 fully saturated rings. The van der Waals surface area contributed by atoms with E-state index in [1.807, 2.05) is 0 Å². The lowest BCUT2D eigenvalue weighted by Crippen LogP contribution is -2.60. The molecular formula is C36H23BN2. The third-order valence-electron chi connectivity index (χ3n) is 8.57. The molecule has 9 rings (SSSR count). The second kappa shape index (κ2) is 7.75. The number of para-hydroxylation sites is 3. The van der Waals surface area contributed by atoms with Crippen LogP contribution in [0.4, 0.5) is 17.1 Å². The average molecular weight is 494 g/mol. The fraction of sp³-hybridized carbons (Fsp3) is 0. The molecule has 2 aliphatic rings. The topological polar surface area (TPSA) is 8.17 Å². The molecule has 0 amide bonds. The Bertz CT molecular complexity index is 2080. The summed E-state index contributed by atoms with van der Waals surface area (Å²) in [5.74, 6) is 0. The number of hydrogen-bond donors (Lipinski definition) is 0. The fourth-order valence-electron chi connectivity index (χ4n) is 7.01. The number of hydrogen-bond acceptors (Lipinski definition) is 1. The summed E-state index contributed by atoms with van der Waals surface area (Å²) in [7, 11) is 0. The molecule has 3 heteroatoms. The van der Waals surface area contributed by atoms with E-state index in [1.54, 1.807) is 0 Å². The van der Waals surface area contributed by atoms with Gasteiger partial charge in [-0.05, 0) is 63.9 Å². The third kappa shape index (κ3) is 2.77. The number of benzene rings is 6. The molecule has 0 saturated carbocycles. The lowest BCUT2D eigenvalue weighted by molar-refractivity contribution is 1.18. The van der Waals surface area contributed by atoms with Crippen LogP contribution in [-0.2, 0) is 0 Å². The summed E-state index contributed by atoms with van der Waals surface area (Å²) < 4.78 is 2.50. The lowest BCUT2D eigenvalue weighted by atomic mass is 9.34. The van der Waals surface area contributed by atoms with Crippen LogP contribution in [0, 0.1) is 0 Å². The lowest BCUT2D eigenvalue weighted by Gasteiger charge is -2.40. The van der Waals surface area contributed by atoms with Crippen molar-refractivity contribution in [2.45, 2.75) is 0 Å². The maximum atomic E-state index is 2.50. The first-order valence-electron chi connectivity index (χ1n) is 13.6. The number of aromatic nitrogens is 1. The Hall–Kier alpha value is -5.02. The van der Waals surface area contributed by atoms with Crippen LogP contribution in [0.3, 0.4) is 0 Å². The van der Waals surface area contributed by atoms with Crippen molar-refractivity contribution in [3.05, 3.63) is 140 Å². The molecule has 0 saturated heterocycles. The molecule has 0 aliphatic carbocycles. The highest BCUT2D eigenvalue weighted by atomic mass is 15.2. The van der Waals surface area contributed by atoms with Crippen molar-refractivity contribution in [1.82, 2.24) is 4.57 Å². The Labute approximate surface area is 227 Å². The van der Waals surface area contributed by atoms with E-state index in [1.165, 1.54) is 72.1 Å². The van der Waals surface area contributed by atoms with E-state index in [4.69, 9.17) is 0 Å². The number of fused-ring (bicyclic) bond motifs is 7. The van der Waals surface area contributed by atoms with Gasteiger partial charge in [0.05, 0.1) is 5.52 Å². The van der Waals surface area contributed by atoms with Gasteiger partial charge in [-0.2, -0.15) is 0 Å². The first kappa shape index (κ1) is 21.0. The van der Waals surface area contributed by atoms with Gasteiger partial charge in [0, 0.05) is 39.0 Å². The van der Waals surface area contributed by atoms with Crippen LogP contribution in [0.15, 0.2) is 140 Å². The van der Waals surface area contributed by atoms with Crippen LogP contribution < -0.4 is 21.3 Å². The van der Waals surface area contributed by atoms with Gasteiger partial charge < -0.3 is 9.47 Å². The molecule has 1 aromatic heterocycles. The highest BCUT2D eigenvalue weighted by molar-refractivity contribution is 7.00. The van der Waals surface area contributed by atoms with Crippen LogP contribution in [0.5, 0.6) is 0 Å². The Kier molecular flexibility index (Phi) is 4.17. The molecule has 0 N–H and O–H groups in total. The summed E-state index contributed by atoms with van der Waals surface area (Å²) in [5.41, 5.74) is 14.1. The minimum atomic E-state index is 0.163. The smallest absolute Gasteiger partial charge is 0.252 e. The van der Waals surface area contributed by atoms with Gasteiger partial charge in [0.25, 0.3) is 6.71 Å². The molecule has 7 aromatic rings. The van der Waals surface area contributed by atoms with E-state index in [0.717, 1.165) is 0 Å². The second-order valence-electron chi connectivity index (χ2n) is 10.5. The maximum absolute atomic E-state index is 2.50. The highest BCUT2D eigenvalue weighted by Gasteiger charge is 2.41. The zero-order valence-corrected chi connectivity index (χ0v) is 21.3. The Morgan fingerprint density at radius 3 is 2.05 bits per heavy atom. The van der Waals surface area contributed by atoms with Crippen molar-refractivity contribution in [3.8, 4) is 16.8 Å². The Balaban J connectivity index is 1.43. The van der Waals surface area contributed by atoms with E-state index < -0.39 is 0 Å². The van der Waals surface area contributed by atoms with Crippen molar-refractivity contribution in [2.24, 2.45) is 0 Å². The van der Waals surface area contributed by atoms with Crippen molar-refractivity contribution >= 4 is 62.0 Å². The summed E-state index contributed by atoms with van der Waals surface area (Å²) in [6, 6.07) is 51.1. The van der Waals surface area contributed by atoms with Crippen molar-refractivity contribution < 1.29 is 0 Å². The van der Waals surface area contributed by atoms with E-state index in [9.17, 15) is 0 Å². The number of anilines is 3. The van der Waals surface area contributed by atoms with E-state index >= 15 is 0 Å². The molecule has 2 nitrogen and oxygen atoms in total. The first-order chi connectivity index (χ1) is 19.4. The SMILES string of the molecule is c1ccc(-c2ccc3c(c2)N(c2ccccc2)c2cccc4c2B3c2cccc3c5ccccc5n-4c23)cc1. The summed E-state index contributed by atoms with van der Waals surface area (Å²) in [6.45, 7) is 0.163. The molecule has 180 valence electrons. The van der Waals surface area contributed by atoms with E-state index in [0.29, 0.717) is 0 Å². The van der Waals surface area contributed by atoms with Crippen LogP contribution >= 0.6 is 0 Å². The van der Waals surface area contributed by atoms with Crippen LogP contribution in [0.2, 0.25) is 0 Å². The molecule has 0 radical (unpaired) electrons. The van der Waals surface area contributed by atoms with Crippen molar-refractivity contribution in [2.75, 3.05) is 4.90 Å². The summed E-state index contributed by atoms with van der Waals surface area (Å²) in [4.78, 5) is 2.47. The molecule has 39 heavy (non-hydrogen) atoms. The van der Waals surface area contributed by atoms with Gasteiger partial charge in [-0.1, -0.05) is 103 Å². The normalized spacial score (nSPS) is 13.0. The molecule has 0 atom stereocenters. The predicted molar refractivity (Wildman–Crippen MR) is 166 cm³/mol. The van der Waals surface area contributed by atoms with Gasteiger partial charge in [0.1, 0.15) is 0 Å². The summed E-state index contributed by atoms with van der Waals surface area (Å²) in [6.07, 6.45) is 0. The minimum absolute atomic E-state index is 0.163. The monoisotopic (exact) mass is 494 g/mol. The van der Waals surface area contributed by atoms with Crippen LogP contribution in [0.1, 0.15) is 0 Å².